The summed E-state index contributed by atoms with van der Waals surface area (Å²) in [6.07, 6.45) is -3.59. The first-order chi connectivity index (χ1) is 15.9. The highest BCUT2D eigenvalue weighted by Gasteiger charge is 2.37. The van der Waals surface area contributed by atoms with Gasteiger partial charge in [0.25, 0.3) is 0 Å². The molecule has 3 aromatic carbocycles. The zero-order valence-electron chi connectivity index (χ0n) is 19.5. The summed E-state index contributed by atoms with van der Waals surface area (Å²) in [4.78, 5) is 16.8. The number of carboxylic acids is 1. The predicted molar refractivity (Wildman–Crippen MR) is 127 cm³/mol. The maximum absolute atomic E-state index is 13.8. The largest absolute Gasteiger partial charge is 0.479 e. The lowest BCUT2D eigenvalue weighted by atomic mass is 9.84. The minimum atomic E-state index is -4.51. The number of ether oxygens (including phenoxy) is 1. The molecule has 4 nitrogen and oxygen atoms in total. The van der Waals surface area contributed by atoms with Gasteiger partial charge >= 0.3 is 12.1 Å². The van der Waals surface area contributed by atoms with E-state index < -0.39 is 29.4 Å². The quantitative estimate of drug-likeness (QED) is 0.432. The van der Waals surface area contributed by atoms with Gasteiger partial charge in [0.15, 0.2) is 6.10 Å². The van der Waals surface area contributed by atoms with E-state index in [0.29, 0.717) is 28.7 Å². The first kappa shape index (κ1) is 24.0. The van der Waals surface area contributed by atoms with Gasteiger partial charge in [-0.3, -0.25) is 4.99 Å². The van der Waals surface area contributed by atoms with Gasteiger partial charge in [-0.15, -0.1) is 0 Å². The van der Waals surface area contributed by atoms with E-state index in [4.69, 9.17) is 4.74 Å². The van der Waals surface area contributed by atoms with Crippen LogP contribution < -0.4 is 0 Å². The number of alkyl halides is 3. The Kier molecular flexibility index (Phi) is 6.02. The summed E-state index contributed by atoms with van der Waals surface area (Å²) in [5, 5.41) is 11.7. The Bertz CT molecular complexity index is 1300. The number of aliphatic carboxylic acids is 1. The highest BCUT2D eigenvalue weighted by Crippen LogP contribution is 2.48. The van der Waals surface area contributed by atoms with Gasteiger partial charge in [-0.1, -0.05) is 36.4 Å². The molecule has 1 aliphatic rings. The van der Waals surface area contributed by atoms with Crippen LogP contribution in [0.4, 0.5) is 18.9 Å². The standard InChI is InChI=1S/C27H26F3NO3/c1-15-14-16-8-5-6-9-17(16)22(21(15)24(25(32)33)34-26(2,3)4)19-11-12-20(27(28,29)30)18-10-7-13-31-23(18)19/h5-6,8-9,11-14,24H,7,10H2,1-4H3,(H,32,33)/t24-/m0/s1. The molecule has 3 aromatic rings. The van der Waals surface area contributed by atoms with Crippen molar-refractivity contribution in [3.05, 3.63) is 64.7 Å². The van der Waals surface area contributed by atoms with Crippen molar-refractivity contribution >= 4 is 28.6 Å². The Hall–Kier alpha value is -3.19. The second kappa shape index (κ2) is 8.55. The van der Waals surface area contributed by atoms with E-state index in [1.807, 2.05) is 30.3 Å². The van der Waals surface area contributed by atoms with E-state index in [1.54, 1.807) is 33.9 Å². The molecule has 0 fully saturated rings. The van der Waals surface area contributed by atoms with Crippen LogP contribution in [-0.4, -0.2) is 22.9 Å². The molecule has 0 saturated carbocycles. The minimum Gasteiger partial charge on any atom is -0.479 e. The highest BCUT2D eigenvalue weighted by molar-refractivity contribution is 6.04. The van der Waals surface area contributed by atoms with Crippen molar-refractivity contribution in [2.45, 2.75) is 58.4 Å². The first-order valence-corrected chi connectivity index (χ1v) is 11.1. The molecule has 1 heterocycles. The molecule has 178 valence electrons. The average molecular weight is 470 g/mol. The summed E-state index contributed by atoms with van der Waals surface area (Å²) in [7, 11) is 0. The Balaban J connectivity index is 2.12. The Morgan fingerprint density at radius 1 is 1.12 bits per heavy atom. The summed E-state index contributed by atoms with van der Waals surface area (Å²) in [6.45, 7) is 7.10. The smallest absolute Gasteiger partial charge is 0.416 e. The third-order valence-electron chi connectivity index (χ3n) is 5.86. The van der Waals surface area contributed by atoms with Gasteiger partial charge in [-0.2, -0.15) is 13.2 Å². The van der Waals surface area contributed by atoms with Crippen molar-refractivity contribution in [1.29, 1.82) is 0 Å². The monoisotopic (exact) mass is 469 g/mol. The number of rotatable bonds is 4. The van der Waals surface area contributed by atoms with Gasteiger partial charge in [0.1, 0.15) is 0 Å². The molecule has 0 aliphatic carbocycles. The first-order valence-electron chi connectivity index (χ1n) is 11.1. The molecular weight excluding hydrogens is 443 g/mol. The summed E-state index contributed by atoms with van der Waals surface area (Å²) in [5.74, 6) is -1.17. The number of nitrogens with zero attached hydrogens (tertiary/aromatic N) is 1. The second-order valence-electron chi connectivity index (χ2n) is 9.49. The van der Waals surface area contributed by atoms with Crippen LogP contribution >= 0.6 is 0 Å². The van der Waals surface area contributed by atoms with Gasteiger partial charge in [0, 0.05) is 17.3 Å². The van der Waals surface area contributed by atoms with Crippen molar-refractivity contribution in [3.8, 4) is 11.1 Å². The van der Waals surface area contributed by atoms with Crippen molar-refractivity contribution in [3.63, 3.8) is 0 Å². The molecule has 0 amide bonds. The lowest BCUT2D eigenvalue weighted by Gasteiger charge is -2.29. The van der Waals surface area contributed by atoms with Crippen LogP contribution in [0, 0.1) is 6.92 Å². The zero-order valence-corrected chi connectivity index (χ0v) is 19.5. The number of hydrogen-bond acceptors (Lipinski definition) is 3. The molecule has 0 aromatic heterocycles. The minimum absolute atomic E-state index is 0.132. The molecular formula is C27H26F3NO3. The number of aryl methyl sites for hydroxylation is 1. The Morgan fingerprint density at radius 2 is 1.82 bits per heavy atom. The molecule has 0 unspecified atom stereocenters. The van der Waals surface area contributed by atoms with E-state index in [0.717, 1.165) is 16.8 Å². The molecule has 0 saturated heterocycles. The molecule has 0 bridgehead atoms. The zero-order chi connectivity index (χ0) is 24.8. The number of fused-ring (bicyclic) bond motifs is 2. The van der Waals surface area contributed by atoms with Crippen LogP contribution in [-0.2, 0) is 22.1 Å². The lowest BCUT2D eigenvalue weighted by Crippen LogP contribution is -2.28. The van der Waals surface area contributed by atoms with Gasteiger partial charge in [0.05, 0.1) is 16.9 Å². The van der Waals surface area contributed by atoms with Gasteiger partial charge in [0.2, 0.25) is 0 Å². The number of aliphatic imine (C=N–C) groups is 1. The Morgan fingerprint density at radius 3 is 2.47 bits per heavy atom. The van der Waals surface area contributed by atoms with Crippen LogP contribution in [0.2, 0.25) is 0 Å². The van der Waals surface area contributed by atoms with Gasteiger partial charge in [-0.25, -0.2) is 4.79 Å². The molecule has 0 spiro atoms. The topological polar surface area (TPSA) is 58.9 Å². The number of carbonyl (C=O) groups is 1. The third kappa shape index (κ3) is 4.44. The third-order valence-corrected chi connectivity index (χ3v) is 5.86. The summed E-state index contributed by atoms with van der Waals surface area (Å²) in [5.41, 5.74) is 1.00. The maximum Gasteiger partial charge on any atom is 0.416 e. The fourth-order valence-corrected chi connectivity index (χ4v) is 4.59. The molecule has 7 heteroatoms. The van der Waals surface area contributed by atoms with Crippen LogP contribution in [0.5, 0.6) is 0 Å². The molecule has 1 N–H and O–H groups in total. The summed E-state index contributed by atoms with van der Waals surface area (Å²) < 4.78 is 47.3. The molecule has 4 rings (SSSR count). The highest BCUT2D eigenvalue weighted by atomic mass is 19.4. The van der Waals surface area contributed by atoms with Crippen LogP contribution in [0.25, 0.3) is 21.9 Å². The molecule has 34 heavy (non-hydrogen) atoms. The van der Waals surface area contributed by atoms with Crippen LogP contribution in [0.1, 0.15) is 55.5 Å². The fraction of sp³-hybridized carbons (Fsp3) is 0.333. The average Bonchev–Trinajstić information content (AvgIpc) is 2.74. The lowest BCUT2D eigenvalue weighted by molar-refractivity contribution is -0.160. The molecule has 0 radical (unpaired) electrons. The molecule has 1 aliphatic heterocycles. The van der Waals surface area contributed by atoms with E-state index in [1.165, 1.54) is 6.07 Å². The summed E-state index contributed by atoms with van der Waals surface area (Å²) in [6, 6.07) is 11.8. The second-order valence-corrected chi connectivity index (χ2v) is 9.49. The molecule has 1 atom stereocenters. The number of carboxylic acid groups (broad SMARTS) is 1. The van der Waals surface area contributed by atoms with Crippen molar-refractivity contribution in [1.82, 2.24) is 0 Å². The summed E-state index contributed by atoms with van der Waals surface area (Å²) >= 11 is 0. The van der Waals surface area contributed by atoms with Crippen molar-refractivity contribution < 1.29 is 27.8 Å². The van der Waals surface area contributed by atoms with Gasteiger partial charge < -0.3 is 9.84 Å². The number of benzene rings is 3. The van der Waals surface area contributed by atoms with Gasteiger partial charge in [-0.05, 0) is 74.1 Å². The SMILES string of the molecule is Cc1cc2ccccc2c(-c2ccc(C(F)(F)F)c3c2N=CCC3)c1[C@H](OC(C)(C)C)C(=O)O. The van der Waals surface area contributed by atoms with Crippen LogP contribution in [0.3, 0.4) is 0 Å². The van der Waals surface area contributed by atoms with E-state index in [9.17, 15) is 23.1 Å². The van der Waals surface area contributed by atoms with E-state index in [-0.39, 0.29) is 17.7 Å². The predicted octanol–water partition coefficient (Wildman–Crippen LogP) is 7.42. The number of hydrogen-bond donors (Lipinski definition) is 1. The Labute approximate surface area is 196 Å². The van der Waals surface area contributed by atoms with Crippen molar-refractivity contribution in [2.24, 2.45) is 4.99 Å². The maximum atomic E-state index is 13.8. The van der Waals surface area contributed by atoms with E-state index in [2.05, 4.69) is 4.99 Å². The number of halogens is 3. The van der Waals surface area contributed by atoms with E-state index >= 15 is 0 Å². The van der Waals surface area contributed by atoms with Crippen molar-refractivity contribution in [2.75, 3.05) is 0 Å². The fourth-order valence-electron chi connectivity index (χ4n) is 4.59. The normalized spacial score (nSPS) is 14.8. The van der Waals surface area contributed by atoms with Crippen LogP contribution in [0.15, 0.2) is 47.5 Å².